The molecule has 3 aromatic carbocycles. The third kappa shape index (κ3) is 5.16. The molecule has 0 spiro atoms. The zero-order valence-corrected chi connectivity index (χ0v) is 19.1. The Balaban J connectivity index is 1.65. The average molecular weight is 451 g/mol. The summed E-state index contributed by atoms with van der Waals surface area (Å²) in [6.45, 7) is 1.69. The molecule has 1 aliphatic rings. The number of nitrogens with one attached hydrogen (secondary N) is 2. The summed E-state index contributed by atoms with van der Waals surface area (Å²) in [7, 11) is 1.68. The van der Waals surface area contributed by atoms with Crippen LogP contribution in [0, 0.1) is 5.92 Å². The molecule has 0 amide bonds. The Bertz CT molecular complexity index is 944. The highest BCUT2D eigenvalue weighted by molar-refractivity contribution is 6.30. The molecule has 168 valence electrons. The van der Waals surface area contributed by atoms with Gasteiger partial charge in [-0.05, 0) is 48.2 Å². The fraction of sp³-hybridized carbons (Fsp3) is 0.333. The van der Waals surface area contributed by atoms with Gasteiger partial charge in [0.2, 0.25) is 0 Å². The molecule has 32 heavy (non-hydrogen) atoms. The minimum absolute atomic E-state index is 0.177. The molecule has 0 aromatic heterocycles. The SMILES string of the molecule is COc1ccc(Cl)cc1CN[C@H]1[C@@H](CCO)CN[C@H]1C(c1ccccc1)c1ccccc1. The molecule has 0 aliphatic carbocycles. The lowest BCUT2D eigenvalue weighted by molar-refractivity contribution is 0.241. The van der Waals surface area contributed by atoms with E-state index in [0.29, 0.717) is 17.5 Å². The fourth-order valence-corrected chi connectivity index (χ4v) is 5.14. The van der Waals surface area contributed by atoms with Crippen molar-refractivity contribution in [2.45, 2.75) is 31.0 Å². The van der Waals surface area contributed by atoms with E-state index in [2.05, 4.69) is 71.3 Å². The number of rotatable bonds is 9. The number of ether oxygens (including phenoxy) is 1. The Morgan fingerprint density at radius 3 is 2.28 bits per heavy atom. The lowest BCUT2D eigenvalue weighted by atomic mass is 9.80. The first-order chi connectivity index (χ1) is 15.7. The van der Waals surface area contributed by atoms with Crippen molar-refractivity contribution >= 4 is 11.6 Å². The molecular formula is C27H31ClN2O2. The molecule has 3 N–H and O–H groups in total. The first-order valence-electron chi connectivity index (χ1n) is 11.2. The summed E-state index contributed by atoms with van der Waals surface area (Å²) < 4.78 is 5.55. The minimum atomic E-state index is 0.177. The molecule has 3 atom stereocenters. The monoisotopic (exact) mass is 450 g/mol. The van der Waals surface area contributed by atoms with Gasteiger partial charge in [0, 0.05) is 41.7 Å². The van der Waals surface area contributed by atoms with Crippen molar-refractivity contribution in [3.8, 4) is 5.75 Å². The molecule has 1 heterocycles. The maximum atomic E-state index is 9.71. The quantitative estimate of drug-likeness (QED) is 0.445. The van der Waals surface area contributed by atoms with Crippen molar-refractivity contribution in [3.05, 3.63) is 101 Å². The Morgan fingerprint density at radius 2 is 1.69 bits per heavy atom. The van der Waals surface area contributed by atoms with Crippen LogP contribution in [-0.2, 0) is 6.54 Å². The minimum Gasteiger partial charge on any atom is -0.496 e. The summed E-state index contributed by atoms with van der Waals surface area (Å²) in [4.78, 5) is 0. The van der Waals surface area contributed by atoms with E-state index in [9.17, 15) is 5.11 Å². The van der Waals surface area contributed by atoms with Crippen LogP contribution in [0.15, 0.2) is 78.9 Å². The Hall–Kier alpha value is -2.37. The number of aliphatic hydroxyl groups excluding tert-OH is 1. The summed E-state index contributed by atoms with van der Waals surface area (Å²) in [5, 5.41) is 18.0. The van der Waals surface area contributed by atoms with E-state index in [0.717, 1.165) is 24.3 Å². The van der Waals surface area contributed by atoms with E-state index < -0.39 is 0 Å². The van der Waals surface area contributed by atoms with Crippen molar-refractivity contribution in [2.75, 3.05) is 20.3 Å². The Morgan fingerprint density at radius 1 is 1.03 bits per heavy atom. The lowest BCUT2D eigenvalue weighted by Crippen LogP contribution is -2.46. The first-order valence-corrected chi connectivity index (χ1v) is 11.6. The predicted molar refractivity (Wildman–Crippen MR) is 130 cm³/mol. The molecule has 5 heteroatoms. The van der Waals surface area contributed by atoms with Crippen molar-refractivity contribution in [1.29, 1.82) is 0 Å². The van der Waals surface area contributed by atoms with Crippen LogP contribution < -0.4 is 15.4 Å². The average Bonchev–Trinajstić information content (AvgIpc) is 3.21. The number of halogens is 1. The molecular weight excluding hydrogens is 420 g/mol. The normalized spacial score (nSPS) is 20.6. The molecule has 1 saturated heterocycles. The van der Waals surface area contributed by atoms with Crippen molar-refractivity contribution in [2.24, 2.45) is 5.92 Å². The second-order valence-corrected chi connectivity index (χ2v) is 8.80. The summed E-state index contributed by atoms with van der Waals surface area (Å²) in [5.41, 5.74) is 3.60. The molecule has 1 fully saturated rings. The van der Waals surface area contributed by atoms with Gasteiger partial charge in [-0.15, -0.1) is 0 Å². The zero-order valence-electron chi connectivity index (χ0n) is 18.4. The molecule has 0 saturated carbocycles. The maximum absolute atomic E-state index is 9.71. The number of methoxy groups -OCH3 is 1. The largest absolute Gasteiger partial charge is 0.496 e. The number of hydrogen-bond donors (Lipinski definition) is 3. The zero-order chi connectivity index (χ0) is 22.3. The van der Waals surface area contributed by atoms with Crippen LogP contribution in [0.3, 0.4) is 0 Å². The van der Waals surface area contributed by atoms with Gasteiger partial charge >= 0.3 is 0 Å². The molecule has 0 bridgehead atoms. The van der Waals surface area contributed by atoms with Gasteiger partial charge in [-0.25, -0.2) is 0 Å². The van der Waals surface area contributed by atoms with Crippen molar-refractivity contribution in [1.82, 2.24) is 10.6 Å². The van der Waals surface area contributed by atoms with Gasteiger partial charge < -0.3 is 20.5 Å². The number of hydrogen-bond acceptors (Lipinski definition) is 4. The van der Waals surface area contributed by atoms with Gasteiger partial charge in [0.25, 0.3) is 0 Å². The second-order valence-electron chi connectivity index (χ2n) is 8.37. The van der Waals surface area contributed by atoms with Gasteiger partial charge in [0.05, 0.1) is 7.11 Å². The van der Waals surface area contributed by atoms with E-state index >= 15 is 0 Å². The van der Waals surface area contributed by atoms with Gasteiger partial charge in [-0.1, -0.05) is 72.3 Å². The summed E-state index contributed by atoms with van der Waals surface area (Å²) in [6, 6.07) is 27.4. The van der Waals surface area contributed by atoms with Gasteiger partial charge in [0.15, 0.2) is 0 Å². The van der Waals surface area contributed by atoms with Crippen LogP contribution in [0.2, 0.25) is 5.02 Å². The third-order valence-electron chi connectivity index (χ3n) is 6.46. The maximum Gasteiger partial charge on any atom is 0.123 e. The van der Waals surface area contributed by atoms with E-state index in [-0.39, 0.29) is 24.6 Å². The topological polar surface area (TPSA) is 53.5 Å². The molecule has 3 aromatic rings. The summed E-state index contributed by atoms with van der Waals surface area (Å²) in [6.07, 6.45) is 0.754. The van der Waals surface area contributed by atoms with E-state index in [1.165, 1.54) is 11.1 Å². The Kier molecular flexibility index (Phi) is 7.82. The molecule has 4 nitrogen and oxygen atoms in total. The molecule has 0 radical (unpaired) electrons. The standard InChI is InChI=1S/C27H31ClN2O2/c1-32-24-13-12-23(28)16-22(24)18-29-26-21(14-15-31)17-30-27(26)25(19-8-4-2-5-9-19)20-10-6-3-7-11-20/h2-13,16,21,25-27,29-31H,14-15,17-18H2,1H3/t21-,26-,27-/m0/s1. The first kappa shape index (κ1) is 22.8. The van der Waals surface area contributed by atoms with Crippen molar-refractivity contribution < 1.29 is 9.84 Å². The molecule has 0 unspecified atom stereocenters. The van der Waals surface area contributed by atoms with Crippen LogP contribution >= 0.6 is 11.6 Å². The van der Waals surface area contributed by atoms with Crippen molar-refractivity contribution in [3.63, 3.8) is 0 Å². The highest BCUT2D eigenvalue weighted by atomic mass is 35.5. The van der Waals surface area contributed by atoms with E-state index in [1.54, 1.807) is 7.11 Å². The van der Waals surface area contributed by atoms with Crippen LogP contribution in [0.5, 0.6) is 5.75 Å². The highest BCUT2D eigenvalue weighted by Gasteiger charge is 2.40. The summed E-state index contributed by atoms with van der Waals surface area (Å²) >= 11 is 6.26. The Labute approximate surface area is 195 Å². The van der Waals surface area contributed by atoms with Crippen LogP contribution in [0.25, 0.3) is 0 Å². The highest BCUT2D eigenvalue weighted by Crippen LogP contribution is 2.35. The van der Waals surface area contributed by atoms with Gasteiger partial charge in [0.1, 0.15) is 5.75 Å². The lowest BCUT2D eigenvalue weighted by Gasteiger charge is -2.32. The van der Waals surface area contributed by atoms with Crippen LogP contribution in [0.1, 0.15) is 29.0 Å². The predicted octanol–water partition coefficient (Wildman–Crippen LogP) is 4.61. The number of aliphatic hydroxyl groups is 1. The second kappa shape index (κ2) is 11.0. The fourth-order valence-electron chi connectivity index (χ4n) is 4.94. The van der Waals surface area contributed by atoms with E-state index in [4.69, 9.17) is 16.3 Å². The molecule has 1 aliphatic heterocycles. The summed E-state index contributed by atoms with van der Waals surface area (Å²) in [5.74, 6) is 1.34. The van der Waals surface area contributed by atoms with Gasteiger partial charge in [-0.3, -0.25) is 0 Å². The molecule has 4 rings (SSSR count). The smallest absolute Gasteiger partial charge is 0.123 e. The third-order valence-corrected chi connectivity index (χ3v) is 6.69. The number of benzene rings is 3. The van der Waals surface area contributed by atoms with Crippen LogP contribution in [0.4, 0.5) is 0 Å². The van der Waals surface area contributed by atoms with Gasteiger partial charge in [-0.2, -0.15) is 0 Å². The van der Waals surface area contributed by atoms with Crippen LogP contribution in [-0.4, -0.2) is 37.5 Å². The van der Waals surface area contributed by atoms with E-state index in [1.807, 2.05) is 18.2 Å².